The number of nitrogens with zero attached hydrogens (tertiary/aromatic N) is 2. The van der Waals surface area contributed by atoms with Crippen molar-refractivity contribution >= 4 is 23.0 Å². The first-order valence-electron chi connectivity index (χ1n) is 7.14. The van der Waals surface area contributed by atoms with E-state index in [9.17, 15) is 14.9 Å². The summed E-state index contributed by atoms with van der Waals surface area (Å²) in [6.07, 6.45) is 1.07. The molecule has 1 fully saturated rings. The highest BCUT2D eigenvalue weighted by atomic mass is 16.6. The van der Waals surface area contributed by atoms with Crippen molar-refractivity contribution in [2.45, 2.75) is 25.8 Å². The first-order chi connectivity index (χ1) is 10.0. The smallest absolute Gasteiger partial charge is 0.294 e. The number of anilines is 2. The van der Waals surface area contributed by atoms with Crippen LogP contribution in [0, 0.1) is 10.1 Å². The van der Waals surface area contributed by atoms with Crippen molar-refractivity contribution < 1.29 is 9.72 Å². The number of fused-ring (bicyclic) bond motifs is 1. The molecule has 112 valence electrons. The maximum absolute atomic E-state index is 11.4. The summed E-state index contributed by atoms with van der Waals surface area (Å²) in [7, 11) is 0. The van der Waals surface area contributed by atoms with Gasteiger partial charge in [-0.1, -0.05) is 0 Å². The molecule has 1 atom stereocenters. The molecule has 1 aromatic carbocycles. The van der Waals surface area contributed by atoms with Crippen molar-refractivity contribution in [3.8, 4) is 0 Å². The molecule has 21 heavy (non-hydrogen) atoms. The SMILES string of the molecule is C[C@@H]1CN(c2cc3c(cc2[N+](=O)[O-])NC(=O)CC3)CCN1. The Bertz CT molecular complexity index is 602. The molecule has 1 amide bonds. The highest BCUT2D eigenvalue weighted by molar-refractivity contribution is 5.95. The Labute approximate surface area is 122 Å². The standard InChI is InChI=1S/C14H18N4O3/c1-9-8-17(5-4-15-9)12-6-10-2-3-14(19)16-11(10)7-13(12)18(20)21/h6-7,9,15H,2-5,8H2,1H3,(H,16,19)/t9-/m1/s1. The van der Waals surface area contributed by atoms with Crippen molar-refractivity contribution in [2.75, 3.05) is 29.9 Å². The molecule has 0 bridgehead atoms. The van der Waals surface area contributed by atoms with E-state index in [0.29, 0.717) is 30.3 Å². The molecule has 7 nitrogen and oxygen atoms in total. The van der Waals surface area contributed by atoms with Gasteiger partial charge in [0, 0.05) is 38.2 Å². The summed E-state index contributed by atoms with van der Waals surface area (Å²) in [6.45, 7) is 4.37. The largest absolute Gasteiger partial charge is 0.363 e. The third-order valence-corrected chi connectivity index (χ3v) is 4.00. The number of rotatable bonds is 2. The normalized spacial score (nSPS) is 21.7. The summed E-state index contributed by atoms with van der Waals surface area (Å²) >= 11 is 0. The van der Waals surface area contributed by atoms with E-state index in [-0.39, 0.29) is 16.5 Å². The molecule has 2 aliphatic heterocycles. The quantitative estimate of drug-likeness (QED) is 0.633. The Hall–Kier alpha value is -2.15. The number of carbonyl (C=O) groups excluding carboxylic acids is 1. The van der Waals surface area contributed by atoms with Gasteiger partial charge in [-0.15, -0.1) is 0 Å². The lowest BCUT2D eigenvalue weighted by Crippen LogP contribution is -2.49. The van der Waals surface area contributed by atoms with Crippen LogP contribution in [0.25, 0.3) is 0 Å². The van der Waals surface area contributed by atoms with E-state index in [1.807, 2.05) is 6.07 Å². The van der Waals surface area contributed by atoms with Crippen LogP contribution in [0.1, 0.15) is 18.9 Å². The second-order valence-corrected chi connectivity index (χ2v) is 5.60. The van der Waals surface area contributed by atoms with Crippen LogP contribution in [0.5, 0.6) is 0 Å². The Morgan fingerprint density at radius 2 is 2.19 bits per heavy atom. The number of nitro benzene ring substituents is 1. The van der Waals surface area contributed by atoms with Gasteiger partial charge in [-0.25, -0.2) is 0 Å². The predicted octanol–water partition coefficient (Wildman–Crippen LogP) is 1.28. The van der Waals surface area contributed by atoms with Gasteiger partial charge in [-0.05, 0) is 25.0 Å². The van der Waals surface area contributed by atoms with Crippen molar-refractivity contribution in [1.82, 2.24) is 5.32 Å². The average Bonchev–Trinajstić information content (AvgIpc) is 2.45. The maximum atomic E-state index is 11.4. The molecule has 0 radical (unpaired) electrons. The number of aryl methyl sites for hydroxylation is 1. The Kier molecular flexibility index (Phi) is 3.50. The molecule has 1 aromatic rings. The summed E-state index contributed by atoms with van der Waals surface area (Å²) in [6, 6.07) is 3.66. The van der Waals surface area contributed by atoms with E-state index >= 15 is 0 Å². The van der Waals surface area contributed by atoms with Gasteiger partial charge in [0.1, 0.15) is 5.69 Å². The molecule has 3 rings (SSSR count). The van der Waals surface area contributed by atoms with Crippen LogP contribution in [-0.2, 0) is 11.2 Å². The van der Waals surface area contributed by atoms with Crippen molar-refractivity contribution in [1.29, 1.82) is 0 Å². The van der Waals surface area contributed by atoms with Crippen molar-refractivity contribution in [2.24, 2.45) is 0 Å². The Morgan fingerprint density at radius 1 is 1.38 bits per heavy atom. The number of benzene rings is 1. The zero-order chi connectivity index (χ0) is 15.0. The second kappa shape index (κ2) is 5.33. The van der Waals surface area contributed by atoms with E-state index in [1.165, 1.54) is 6.07 Å². The van der Waals surface area contributed by atoms with Crippen LogP contribution in [0.2, 0.25) is 0 Å². The molecule has 0 unspecified atom stereocenters. The van der Waals surface area contributed by atoms with Gasteiger partial charge in [-0.2, -0.15) is 0 Å². The third kappa shape index (κ3) is 2.69. The fourth-order valence-corrected chi connectivity index (χ4v) is 2.95. The number of carbonyl (C=O) groups is 1. The predicted molar refractivity (Wildman–Crippen MR) is 79.7 cm³/mol. The van der Waals surface area contributed by atoms with E-state index in [2.05, 4.69) is 22.5 Å². The molecular formula is C14H18N4O3. The average molecular weight is 290 g/mol. The Morgan fingerprint density at radius 3 is 2.90 bits per heavy atom. The van der Waals surface area contributed by atoms with E-state index in [4.69, 9.17) is 0 Å². The Balaban J connectivity index is 2.02. The molecule has 7 heteroatoms. The molecule has 0 saturated carbocycles. The number of amides is 1. The van der Waals surface area contributed by atoms with Gasteiger partial charge in [0.2, 0.25) is 5.91 Å². The van der Waals surface area contributed by atoms with E-state index < -0.39 is 0 Å². The van der Waals surface area contributed by atoms with Crippen LogP contribution in [0.15, 0.2) is 12.1 Å². The molecule has 0 spiro atoms. The number of hydrogen-bond donors (Lipinski definition) is 2. The van der Waals surface area contributed by atoms with Crippen LogP contribution in [0.3, 0.4) is 0 Å². The lowest BCUT2D eigenvalue weighted by atomic mass is 10.0. The van der Waals surface area contributed by atoms with Crippen molar-refractivity contribution in [3.63, 3.8) is 0 Å². The van der Waals surface area contributed by atoms with Gasteiger partial charge in [0.05, 0.1) is 10.6 Å². The van der Waals surface area contributed by atoms with E-state index in [0.717, 1.165) is 25.2 Å². The van der Waals surface area contributed by atoms with Crippen LogP contribution in [0.4, 0.5) is 17.1 Å². The van der Waals surface area contributed by atoms with Gasteiger partial charge in [-0.3, -0.25) is 14.9 Å². The number of nitrogens with one attached hydrogen (secondary N) is 2. The minimum absolute atomic E-state index is 0.0602. The summed E-state index contributed by atoms with van der Waals surface area (Å²) in [5, 5.41) is 17.4. The number of nitro groups is 1. The third-order valence-electron chi connectivity index (χ3n) is 4.00. The molecule has 2 heterocycles. The highest BCUT2D eigenvalue weighted by Gasteiger charge is 2.27. The van der Waals surface area contributed by atoms with Gasteiger partial charge in [0.25, 0.3) is 5.69 Å². The van der Waals surface area contributed by atoms with E-state index in [1.54, 1.807) is 0 Å². The van der Waals surface area contributed by atoms with Gasteiger partial charge >= 0.3 is 0 Å². The molecule has 1 saturated heterocycles. The maximum Gasteiger partial charge on any atom is 0.294 e. The number of hydrogen-bond acceptors (Lipinski definition) is 5. The fourth-order valence-electron chi connectivity index (χ4n) is 2.95. The van der Waals surface area contributed by atoms with Crippen LogP contribution in [-0.4, -0.2) is 36.5 Å². The van der Waals surface area contributed by atoms with Crippen LogP contribution < -0.4 is 15.5 Å². The van der Waals surface area contributed by atoms with Crippen molar-refractivity contribution in [3.05, 3.63) is 27.8 Å². The molecular weight excluding hydrogens is 272 g/mol. The highest BCUT2D eigenvalue weighted by Crippen LogP contribution is 2.36. The molecule has 0 aromatic heterocycles. The first kappa shape index (κ1) is 13.8. The summed E-state index contributed by atoms with van der Waals surface area (Å²) in [5.41, 5.74) is 2.26. The second-order valence-electron chi connectivity index (χ2n) is 5.60. The lowest BCUT2D eigenvalue weighted by molar-refractivity contribution is -0.384. The van der Waals surface area contributed by atoms with Gasteiger partial charge in [0.15, 0.2) is 0 Å². The minimum Gasteiger partial charge on any atom is -0.363 e. The minimum atomic E-state index is -0.372. The summed E-state index contributed by atoms with van der Waals surface area (Å²) in [4.78, 5) is 24.5. The fraction of sp³-hybridized carbons (Fsp3) is 0.500. The zero-order valence-electron chi connectivity index (χ0n) is 11.9. The molecule has 0 aliphatic carbocycles. The molecule has 2 N–H and O–H groups in total. The number of piperazine rings is 1. The molecule has 2 aliphatic rings. The summed E-state index contributed by atoms with van der Waals surface area (Å²) < 4.78 is 0. The topological polar surface area (TPSA) is 87.5 Å². The van der Waals surface area contributed by atoms with Gasteiger partial charge < -0.3 is 15.5 Å². The lowest BCUT2D eigenvalue weighted by Gasteiger charge is -2.34. The monoisotopic (exact) mass is 290 g/mol. The summed E-state index contributed by atoms with van der Waals surface area (Å²) in [5.74, 6) is -0.0830. The first-order valence-corrected chi connectivity index (χ1v) is 7.14. The van der Waals surface area contributed by atoms with Crippen LogP contribution >= 0.6 is 0 Å². The zero-order valence-corrected chi connectivity index (χ0v) is 11.9.